The van der Waals surface area contributed by atoms with E-state index in [2.05, 4.69) is 10.1 Å². The van der Waals surface area contributed by atoms with Gasteiger partial charge in [-0.2, -0.15) is 5.10 Å². The highest BCUT2D eigenvalue weighted by atomic mass is 16.4. The molecule has 1 aliphatic rings. The number of carboxylic acids is 1. The summed E-state index contributed by atoms with van der Waals surface area (Å²) in [4.78, 5) is 15.4. The van der Waals surface area contributed by atoms with Gasteiger partial charge in [0.1, 0.15) is 12.2 Å². The van der Waals surface area contributed by atoms with Crippen molar-refractivity contribution < 1.29 is 9.90 Å². The summed E-state index contributed by atoms with van der Waals surface area (Å²) >= 11 is 0. The fourth-order valence-electron chi connectivity index (χ4n) is 2.30. The fraction of sp³-hybridized carbons (Fsp3) is 0.700. The molecule has 0 saturated heterocycles. The van der Waals surface area contributed by atoms with E-state index in [-0.39, 0.29) is 0 Å². The molecule has 82 valence electrons. The van der Waals surface area contributed by atoms with E-state index in [0.717, 1.165) is 31.5 Å². The van der Waals surface area contributed by atoms with E-state index >= 15 is 0 Å². The zero-order valence-corrected chi connectivity index (χ0v) is 8.81. The van der Waals surface area contributed by atoms with Crippen LogP contribution >= 0.6 is 0 Å². The molecule has 0 aromatic carbocycles. The first-order chi connectivity index (χ1) is 7.14. The molecule has 15 heavy (non-hydrogen) atoms. The summed E-state index contributed by atoms with van der Waals surface area (Å²) in [6.45, 7) is 0. The third-order valence-electron chi connectivity index (χ3n) is 3.32. The first-order valence-corrected chi connectivity index (χ1v) is 5.20. The summed E-state index contributed by atoms with van der Waals surface area (Å²) in [5, 5.41) is 13.3. The lowest BCUT2D eigenvalue weighted by atomic mass is 9.82. The largest absolute Gasteiger partial charge is 0.481 e. The van der Waals surface area contributed by atoms with Gasteiger partial charge in [-0.1, -0.05) is 12.8 Å². The van der Waals surface area contributed by atoms with Gasteiger partial charge in [0.2, 0.25) is 0 Å². The van der Waals surface area contributed by atoms with Crippen molar-refractivity contribution in [2.75, 3.05) is 0 Å². The number of carboxylic acid groups (broad SMARTS) is 1. The molecular weight excluding hydrogens is 194 g/mol. The molecule has 0 atom stereocenters. The Bertz CT molecular complexity index is 366. The maximum Gasteiger partial charge on any atom is 0.310 e. The molecule has 1 fully saturated rings. The number of aryl methyl sites for hydroxylation is 1. The molecule has 2 rings (SSSR count). The second-order valence-corrected chi connectivity index (χ2v) is 4.27. The van der Waals surface area contributed by atoms with Gasteiger partial charge in [0.15, 0.2) is 0 Å². The highest BCUT2D eigenvalue weighted by Gasteiger charge is 2.42. The first-order valence-electron chi connectivity index (χ1n) is 5.20. The van der Waals surface area contributed by atoms with Crippen LogP contribution in [-0.4, -0.2) is 25.8 Å². The molecule has 1 saturated carbocycles. The highest BCUT2D eigenvalue weighted by molar-refractivity contribution is 5.75. The molecule has 1 heterocycles. The summed E-state index contributed by atoms with van der Waals surface area (Å²) in [7, 11) is 1.80. The first kappa shape index (κ1) is 10.1. The Balaban J connectivity index is 2.21. The minimum absolute atomic E-state index is 0.499. The minimum Gasteiger partial charge on any atom is -0.481 e. The third kappa shape index (κ3) is 1.73. The number of aliphatic carboxylic acids is 1. The maximum atomic E-state index is 11.3. The van der Waals surface area contributed by atoms with Crippen molar-refractivity contribution in [2.45, 2.75) is 32.1 Å². The van der Waals surface area contributed by atoms with Gasteiger partial charge in [-0.05, 0) is 12.8 Å². The van der Waals surface area contributed by atoms with Gasteiger partial charge in [-0.25, -0.2) is 4.98 Å². The number of rotatable bonds is 3. The van der Waals surface area contributed by atoms with Gasteiger partial charge in [0, 0.05) is 13.5 Å². The Kier molecular flexibility index (Phi) is 2.46. The van der Waals surface area contributed by atoms with E-state index in [4.69, 9.17) is 0 Å². The molecule has 1 aromatic heterocycles. The van der Waals surface area contributed by atoms with Crippen molar-refractivity contribution in [3.8, 4) is 0 Å². The zero-order valence-electron chi connectivity index (χ0n) is 8.81. The van der Waals surface area contributed by atoms with Gasteiger partial charge in [-0.15, -0.1) is 0 Å². The zero-order chi connectivity index (χ0) is 10.9. The second-order valence-electron chi connectivity index (χ2n) is 4.27. The SMILES string of the molecule is Cn1ncnc1CC1(C(=O)O)CCCC1. The molecule has 0 amide bonds. The van der Waals surface area contributed by atoms with E-state index in [1.807, 2.05) is 0 Å². The van der Waals surface area contributed by atoms with Crippen LogP contribution in [0.2, 0.25) is 0 Å². The van der Waals surface area contributed by atoms with Crippen molar-refractivity contribution >= 4 is 5.97 Å². The molecule has 5 heteroatoms. The van der Waals surface area contributed by atoms with Gasteiger partial charge in [0.05, 0.1) is 5.41 Å². The predicted octanol–water partition coefficient (Wildman–Crippen LogP) is 1.00. The molecule has 0 unspecified atom stereocenters. The third-order valence-corrected chi connectivity index (χ3v) is 3.32. The Hall–Kier alpha value is -1.39. The standard InChI is InChI=1S/C10H15N3O2/c1-13-8(11-7-12-13)6-10(9(14)15)4-2-3-5-10/h7H,2-6H2,1H3,(H,14,15). The number of hydrogen-bond acceptors (Lipinski definition) is 3. The lowest BCUT2D eigenvalue weighted by molar-refractivity contribution is -0.148. The number of carbonyl (C=O) groups is 1. The van der Waals surface area contributed by atoms with Crippen molar-refractivity contribution in [2.24, 2.45) is 12.5 Å². The lowest BCUT2D eigenvalue weighted by Crippen LogP contribution is -2.31. The Labute approximate surface area is 88.1 Å². The summed E-state index contributed by atoms with van der Waals surface area (Å²) in [6, 6.07) is 0. The van der Waals surface area contributed by atoms with Crippen LogP contribution in [0.3, 0.4) is 0 Å². The molecule has 1 aromatic rings. The molecule has 0 spiro atoms. The van der Waals surface area contributed by atoms with Gasteiger partial charge in [0.25, 0.3) is 0 Å². The van der Waals surface area contributed by atoms with E-state index in [0.29, 0.717) is 6.42 Å². The van der Waals surface area contributed by atoms with Crippen molar-refractivity contribution in [3.05, 3.63) is 12.2 Å². The number of hydrogen-bond donors (Lipinski definition) is 1. The fourth-order valence-corrected chi connectivity index (χ4v) is 2.30. The van der Waals surface area contributed by atoms with E-state index in [1.54, 1.807) is 11.7 Å². The maximum absolute atomic E-state index is 11.3. The highest BCUT2D eigenvalue weighted by Crippen LogP contribution is 2.40. The van der Waals surface area contributed by atoms with Gasteiger partial charge < -0.3 is 5.11 Å². The topological polar surface area (TPSA) is 68.0 Å². The molecule has 5 nitrogen and oxygen atoms in total. The summed E-state index contributed by atoms with van der Waals surface area (Å²) < 4.78 is 1.66. The van der Waals surface area contributed by atoms with Gasteiger partial charge in [-0.3, -0.25) is 9.48 Å². The Morgan fingerprint density at radius 2 is 2.27 bits per heavy atom. The van der Waals surface area contributed by atoms with Crippen LogP contribution in [0.15, 0.2) is 6.33 Å². The van der Waals surface area contributed by atoms with Crippen molar-refractivity contribution in [1.29, 1.82) is 0 Å². The molecule has 1 N–H and O–H groups in total. The van der Waals surface area contributed by atoms with Crippen LogP contribution in [0.5, 0.6) is 0 Å². The van der Waals surface area contributed by atoms with Crippen LogP contribution in [0, 0.1) is 5.41 Å². The molecule has 0 aliphatic heterocycles. The number of nitrogens with zero attached hydrogens (tertiary/aromatic N) is 3. The second kappa shape index (κ2) is 3.64. The smallest absolute Gasteiger partial charge is 0.310 e. The average molecular weight is 209 g/mol. The minimum atomic E-state index is -0.692. The quantitative estimate of drug-likeness (QED) is 0.806. The summed E-state index contributed by atoms with van der Waals surface area (Å²) in [6.07, 6.45) is 5.50. The van der Waals surface area contributed by atoms with Crippen LogP contribution in [0.1, 0.15) is 31.5 Å². The van der Waals surface area contributed by atoms with E-state index < -0.39 is 11.4 Å². The van der Waals surface area contributed by atoms with Gasteiger partial charge >= 0.3 is 5.97 Å². The van der Waals surface area contributed by atoms with Crippen LogP contribution in [0.4, 0.5) is 0 Å². The van der Waals surface area contributed by atoms with Crippen LogP contribution in [0.25, 0.3) is 0 Å². The monoisotopic (exact) mass is 209 g/mol. The summed E-state index contributed by atoms with van der Waals surface area (Å²) in [5.41, 5.74) is -0.596. The van der Waals surface area contributed by atoms with Crippen molar-refractivity contribution in [3.63, 3.8) is 0 Å². The Morgan fingerprint density at radius 1 is 1.60 bits per heavy atom. The molecule has 0 radical (unpaired) electrons. The van der Waals surface area contributed by atoms with E-state index in [9.17, 15) is 9.90 Å². The lowest BCUT2D eigenvalue weighted by Gasteiger charge is -2.22. The predicted molar refractivity (Wildman–Crippen MR) is 53.2 cm³/mol. The molecule has 0 bridgehead atoms. The average Bonchev–Trinajstić information content (AvgIpc) is 2.78. The number of aromatic nitrogens is 3. The van der Waals surface area contributed by atoms with Crippen molar-refractivity contribution in [1.82, 2.24) is 14.8 Å². The molecule has 1 aliphatic carbocycles. The summed E-state index contributed by atoms with van der Waals surface area (Å²) in [5.74, 6) is 0.0716. The Morgan fingerprint density at radius 3 is 2.73 bits per heavy atom. The normalized spacial score (nSPS) is 19.3. The van der Waals surface area contributed by atoms with Crippen LogP contribution in [-0.2, 0) is 18.3 Å². The van der Waals surface area contributed by atoms with E-state index in [1.165, 1.54) is 6.33 Å². The molecular formula is C10H15N3O2. The van der Waals surface area contributed by atoms with Crippen LogP contribution < -0.4 is 0 Å².